The number of hydrogen-bond acceptors (Lipinski definition) is 3. The first-order valence-electron chi connectivity index (χ1n) is 7.32. The third kappa shape index (κ3) is 4.59. The van der Waals surface area contributed by atoms with E-state index < -0.39 is 0 Å². The Labute approximate surface area is 143 Å². The first kappa shape index (κ1) is 19.2. The highest BCUT2D eigenvalue weighted by atomic mass is 35.5. The van der Waals surface area contributed by atoms with Crippen LogP contribution in [-0.4, -0.2) is 36.5 Å². The summed E-state index contributed by atoms with van der Waals surface area (Å²) in [5, 5.41) is 3.61. The maximum atomic E-state index is 12.2. The van der Waals surface area contributed by atoms with Crippen LogP contribution in [0.2, 0.25) is 5.02 Å². The van der Waals surface area contributed by atoms with Crippen LogP contribution in [0.3, 0.4) is 0 Å². The lowest BCUT2D eigenvalue weighted by molar-refractivity contribution is -0.118. The minimum absolute atomic E-state index is 0. The van der Waals surface area contributed by atoms with E-state index in [1.807, 2.05) is 25.1 Å². The maximum absolute atomic E-state index is 12.2. The Kier molecular flexibility index (Phi) is 6.68. The quantitative estimate of drug-likeness (QED) is 0.884. The molecule has 1 unspecified atom stereocenters. The van der Waals surface area contributed by atoms with Gasteiger partial charge in [0.25, 0.3) is 0 Å². The van der Waals surface area contributed by atoms with Crippen LogP contribution in [0.15, 0.2) is 18.2 Å². The summed E-state index contributed by atoms with van der Waals surface area (Å²) in [7, 11) is 0. The Bertz CT molecular complexity index is 534. The second-order valence-corrected chi connectivity index (χ2v) is 6.96. The van der Waals surface area contributed by atoms with Crippen LogP contribution < -0.4 is 11.1 Å². The van der Waals surface area contributed by atoms with Crippen molar-refractivity contribution in [1.29, 1.82) is 0 Å². The van der Waals surface area contributed by atoms with Gasteiger partial charge < -0.3 is 11.1 Å². The van der Waals surface area contributed by atoms with Gasteiger partial charge in [-0.3, -0.25) is 9.69 Å². The maximum Gasteiger partial charge on any atom is 0.238 e. The number of nitrogens with one attached hydrogen (secondary N) is 1. The summed E-state index contributed by atoms with van der Waals surface area (Å²) in [6.07, 6.45) is 0.927. The normalized spacial score (nSPS) is 21.0. The lowest BCUT2D eigenvalue weighted by Gasteiger charge is -2.42. The molecule has 0 saturated carbocycles. The van der Waals surface area contributed by atoms with Crippen LogP contribution in [0, 0.1) is 12.3 Å². The molecular weight excluding hydrogens is 321 g/mol. The van der Waals surface area contributed by atoms with E-state index in [2.05, 4.69) is 24.1 Å². The van der Waals surface area contributed by atoms with Crippen LogP contribution in [0.25, 0.3) is 0 Å². The number of amides is 1. The molecule has 1 heterocycles. The van der Waals surface area contributed by atoms with Crippen molar-refractivity contribution >= 4 is 35.6 Å². The molecule has 124 valence electrons. The summed E-state index contributed by atoms with van der Waals surface area (Å²) in [6.45, 7) is 8.32. The minimum atomic E-state index is -0.00774. The number of carbonyl (C=O) groups excluding carboxylic acids is 1. The van der Waals surface area contributed by atoms with Crippen molar-refractivity contribution in [2.24, 2.45) is 11.1 Å². The van der Waals surface area contributed by atoms with E-state index in [1.54, 1.807) is 0 Å². The molecule has 0 spiro atoms. The number of halogens is 2. The van der Waals surface area contributed by atoms with Gasteiger partial charge in [0.15, 0.2) is 0 Å². The van der Waals surface area contributed by atoms with Crippen molar-refractivity contribution in [3.63, 3.8) is 0 Å². The number of nitrogens with zero attached hydrogens (tertiary/aromatic N) is 1. The molecule has 0 aromatic heterocycles. The SMILES string of the molecule is Cc1c(Cl)cccc1NC(=O)CN1CCC(N)C(C)(C)C1.Cl. The van der Waals surface area contributed by atoms with Gasteiger partial charge in [0.2, 0.25) is 5.91 Å². The Morgan fingerprint density at radius 1 is 1.50 bits per heavy atom. The summed E-state index contributed by atoms with van der Waals surface area (Å²) in [5.41, 5.74) is 7.84. The summed E-state index contributed by atoms with van der Waals surface area (Å²) < 4.78 is 0. The Morgan fingerprint density at radius 2 is 2.18 bits per heavy atom. The van der Waals surface area contributed by atoms with Crippen molar-refractivity contribution in [3.8, 4) is 0 Å². The second-order valence-electron chi connectivity index (χ2n) is 6.55. The number of hydrogen-bond donors (Lipinski definition) is 2. The molecule has 6 heteroatoms. The first-order chi connectivity index (χ1) is 9.79. The lowest BCUT2D eigenvalue weighted by Crippen LogP contribution is -2.53. The Morgan fingerprint density at radius 3 is 2.82 bits per heavy atom. The molecule has 1 aliphatic rings. The molecule has 3 N–H and O–H groups in total. The Balaban J connectivity index is 0.00000242. The standard InChI is InChI=1S/C16H24ClN3O.ClH/c1-11-12(17)5-4-6-13(11)19-15(21)9-20-8-7-14(18)16(2,3)10-20;/h4-6,14H,7-10,18H2,1-3H3,(H,19,21);1H. The van der Waals surface area contributed by atoms with Gasteiger partial charge in [0.05, 0.1) is 6.54 Å². The van der Waals surface area contributed by atoms with Crippen LogP contribution >= 0.6 is 24.0 Å². The molecule has 2 rings (SSSR count). The number of benzene rings is 1. The van der Waals surface area contributed by atoms with Crippen molar-refractivity contribution in [2.45, 2.75) is 33.2 Å². The molecule has 22 heavy (non-hydrogen) atoms. The highest BCUT2D eigenvalue weighted by molar-refractivity contribution is 6.31. The minimum Gasteiger partial charge on any atom is -0.327 e. The number of carbonyl (C=O) groups is 1. The molecule has 1 fully saturated rings. The highest BCUT2D eigenvalue weighted by Crippen LogP contribution is 2.27. The number of rotatable bonds is 3. The van der Waals surface area contributed by atoms with Crippen LogP contribution in [0.1, 0.15) is 25.8 Å². The molecule has 0 bridgehead atoms. The topological polar surface area (TPSA) is 58.4 Å². The smallest absolute Gasteiger partial charge is 0.238 e. The molecule has 0 aliphatic carbocycles. The fourth-order valence-corrected chi connectivity index (χ4v) is 2.93. The Hall–Kier alpha value is -0.810. The van der Waals surface area contributed by atoms with Gasteiger partial charge in [0.1, 0.15) is 0 Å². The van der Waals surface area contributed by atoms with Crippen molar-refractivity contribution in [3.05, 3.63) is 28.8 Å². The average molecular weight is 346 g/mol. The van der Waals surface area contributed by atoms with Crippen molar-refractivity contribution < 1.29 is 4.79 Å². The highest BCUT2D eigenvalue weighted by Gasteiger charge is 2.33. The van der Waals surface area contributed by atoms with Crippen molar-refractivity contribution in [2.75, 3.05) is 25.0 Å². The van der Waals surface area contributed by atoms with Crippen molar-refractivity contribution in [1.82, 2.24) is 4.90 Å². The van der Waals surface area contributed by atoms with E-state index in [4.69, 9.17) is 17.3 Å². The van der Waals surface area contributed by atoms with Gasteiger partial charge in [-0.25, -0.2) is 0 Å². The zero-order valence-electron chi connectivity index (χ0n) is 13.4. The van der Waals surface area contributed by atoms with Gasteiger partial charge in [-0.1, -0.05) is 31.5 Å². The molecule has 4 nitrogen and oxygen atoms in total. The lowest BCUT2D eigenvalue weighted by atomic mass is 9.80. The van der Waals surface area contributed by atoms with E-state index in [0.29, 0.717) is 11.6 Å². The van der Waals surface area contributed by atoms with E-state index in [9.17, 15) is 4.79 Å². The number of anilines is 1. The monoisotopic (exact) mass is 345 g/mol. The summed E-state index contributed by atoms with van der Waals surface area (Å²) >= 11 is 6.07. The molecule has 1 saturated heterocycles. The first-order valence-corrected chi connectivity index (χ1v) is 7.70. The molecule has 1 amide bonds. The van der Waals surface area contributed by atoms with Gasteiger partial charge in [-0.05, 0) is 36.5 Å². The third-order valence-electron chi connectivity index (χ3n) is 4.30. The predicted octanol–water partition coefficient (Wildman–Crippen LogP) is 3.07. The average Bonchev–Trinajstić information content (AvgIpc) is 2.39. The van der Waals surface area contributed by atoms with E-state index in [0.717, 1.165) is 30.8 Å². The third-order valence-corrected chi connectivity index (χ3v) is 4.71. The number of piperidine rings is 1. The zero-order chi connectivity index (χ0) is 15.6. The summed E-state index contributed by atoms with van der Waals surface area (Å²) in [4.78, 5) is 14.4. The molecular formula is C16H25Cl2N3O. The van der Waals surface area contributed by atoms with Crippen LogP contribution in [-0.2, 0) is 4.79 Å². The van der Waals surface area contributed by atoms with Crippen LogP contribution in [0.4, 0.5) is 5.69 Å². The number of likely N-dealkylation sites (tertiary alicyclic amines) is 1. The molecule has 1 aromatic rings. The van der Waals surface area contributed by atoms with Gasteiger partial charge in [0, 0.05) is 29.8 Å². The predicted molar refractivity (Wildman–Crippen MR) is 94.9 cm³/mol. The molecule has 1 aromatic carbocycles. The molecule has 1 atom stereocenters. The number of nitrogens with two attached hydrogens (primary N) is 1. The van der Waals surface area contributed by atoms with Gasteiger partial charge in [-0.2, -0.15) is 0 Å². The summed E-state index contributed by atoms with van der Waals surface area (Å²) in [5.74, 6) is -0.00774. The second kappa shape index (κ2) is 7.64. The van der Waals surface area contributed by atoms with E-state index >= 15 is 0 Å². The zero-order valence-corrected chi connectivity index (χ0v) is 14.9. The fraction of sp³-hybridized carbons (Fsp3) is 0.562. The fourth-order valence-electron chi connectivity index (χ4n) is 2.76. The largest absolute Gasteiger partial charge is 0.327 e. The molecule has 1 aliphatic heterocycles. The van der Waals surface area contributed by atoms with Crippen LogP contribution in [0.5, 0.6) is 0 Å². The van der Waals surface area contributed by atoms with E-state index in [-0.39, 0.29) is 29.8 Å². The van der Waals surface area contributed by atoms with Gasteiger partial charge in [-0.15, -0.1) is 12.4 Å². The van der Waals surface area contributed by atoms with E-state index in [1.165, 1.54) is 0 Å². The molecule has 0 radical (unpaired) electrons. The summed E-state index contributed by atoms with van der Waals surface area (Å²) in [6, 6.07) is 5.73. The van der Waals surface area contributed by atoms with Gasteiger partial charge >= 0.3 is 0 Å².